The average Bonchev–Trinajstić information content (AvgIpc) is 3.24. The molecular formula is C17H9BrOS3. The number of hydrogen-bond acceptors (Lipinski definition) is 4. The van der Waals surface area contributed by atoms with E-state index in [1.807, 2.05) is 12.1 Å². The molecule has 0 aliphatic carbocycles. The first-order valence-corrected chi connectivity index (χ1v) is 9.83. The molecule has 0 aliphatic heterocycles. The summed E-state index contributed by atoms with van der Waals surface area (Å²) in [6.07, 6.45) is 0.918. The maximum absolute atomic E-state index is 11.0. The van der Waals surface area contributed by atoms with E-state index in [0.717, 1.165) is 19.8 Å². The third-order valence-electron chi connectivity index (χ3n) is 3.38. The Morgan fingerprint density at radius 2 is 1.41 bits per heavy atom. The number of fused-ring (bicyclic) bond motifs is 1. The molecule has 0 saturated carbocycles. The van der Waals surface area contributed by atoms with Crippen LogP contribution in [0.2, 0.25) is 0 Å². The molecule has 0 fully saturated rings. The Labute approximate surface area is 148 Å². The van der Waals surface area contributed by atoms with Gasteiger partial charge >= 0.3 is 0 Å². The quantitative estimate of drug-likeness (QED) is 0.338. The lowest BCUT2D eigenvalue weighted by atomic mass is 10.1. The van der Waals surface area contributed by atoms with Gasteiger partial charge in [0.2, 0.25) is 0 Å². The Balaban J connectivity index is 1.98. The number of carbonyl (C=O) groups excluding carboxylic acids is 1. The molecule has 3 heterocycles. The maximum atomic E-state index is 11.0. The topological polar surface area (TPSA) is 17.1 Å². The third kappa shape index (κ3) is 2.38. The van der Waals surface area contributed by atoms with E-state index in [1.165, 1.54) is 25.4 Å². The van der Waals surface area contributed by atoms with Crippen LogP contribution in [0.15, 0.2) is 52.3 Å². The van der Waals surface area contributed by atoms with Crippen molar-refractivity contribution in [3.8, 4) is 19.5 Å². The van der Waals surface area contributed by atoms with Crippen molar-refractivity contribution in [3.05, 3.63) is 57.2 Å². The van der Waals surface area contributed by atoms with Crippen LogP contribution in [0.1, 0.15) is 9.67 Å². The summed E-state index contributed by atoms with van der Waals surface area (Å²) in [4.78, 5) is 16.7. The maximum Gasteiger partial charge on any atom is 0.160 e. The van der Waals surface area contributed by atoms with Gasteiger partial charge in [0.15, 0.2) is 6.29 Å². The van der Waals surface area contributed by atoms with Crippen LogP contribution in [0.5, 0.6) is 0 Å². The normalized spacial score (nSPS) is 11.1. The van der Waals surface area contributed by atoms with Gasteiger partial charge in [0.05, 0.1) is 18.4 Å². The number of benzene rings is 1. The molecule has 4 aromatic rings. The lowest BCUT2D eigenvalue weighted by Gasteiger charge is -1.94. The minimum absolute atomic E-state index is 0.771. The highest BCUT2D eigenvalue weighted by Crippen LogP contribution is 2.47. The van der Waals surface area contributed by atoms with Crippen LogP contribution in [-0.4, -0.2) is 6.29 Å². The second-order valence-electron chi connectivity index (χ2n) is 4.73. The first kappa shape index (κ1) is 14.3. The smallest absolute Gasteiger partial charge is 0.160 e. The van der Waals surface area contributed by atoms with E-state index in [-0.39, 0.29) is 0 Å². The molecule has 0 radical (unpaired) electrons. The van der Waals surface area contributed by atoms with Crippen LogP contribution in [0.4, 0.5) is 0 Å². The molecule has 0 spiro atoms. The number of hydrogen-bond donors (Lipinski definition) is 0. The Hall–Kier alpha value is -1.27. The van der Waals surface area contributed by atoms with Crippen molar-refractivity contribution in [3.63, 3.8) is 0 Å². The van der Waals surface area contributed by atoms with Crippen molar-refractivity contribution in [1.82, 2.24) is 0 Å². The fraction of sp³-hybridized carbons (Fsp3) is 0. The third-order valence-corrected chi connectivity index (χ3v) is 7.60. The second-order valence-corrected chi connectivity index (χ2v) is 9.33. The summed E-state index contributed by atoms with van der Waals surface area (Å²) < 4.78 is 1.14. The van der Waals surface area contributed by atoms with Crippen molar-refractivity contribution >= 4 is 67.0 Å². The number of aldehydes is 1. The van der Waals surface area contributed by atoms with Gasteiger partial charge in [0.1, 0.15) is 0 Å². The number of rotatable bonds is 3. The van der Waals surface area contributed by atoms with Gasteiger partial charge in [-0.15, -0.1) is 34.0 Å². The fourth-order valence-electron chi connectivity index (χ4n) is 2.43. The van der Waals surface area contributed by atoms with Crippen LogP contribution in [0, 0.1) is 0 Å². The fourth-order valence-corrected chi connectivity index (χ4v) is 6.17. The zero-order valence-electron chi connectivity index (χ0n) is 11.2. The van der Waals surface area contributed by atoms with Crippen LogP contribution in [-0.2, 0) is 0 Å². The zero-order valence-corrected chi connectivity index (χ0v) is 15.2. The van der Waals surface area contributed by atoms with Gasteiger partial charge in [-0.2, -0.15) is 0 Å². The van der Waals surface area contributed by atoms with Crippen LogP contribution >= 0.6 is 49.9 Å². The van der Waals surface area contributed by atoms with Crippen LogP contribution < -0.4 is 0 Å². The molecule has 0 atom stereocenters. The van der Waals surface area contributed by atoms with Crippen molar-refractivity contribution in [2.75, 3.05) is 0 Å². The molecule has 0 bridgehead atoms. The zero-order chi connectivity index (χ0) is 15.1. The average molecular weight is 405 g/mol. The monoisotopic (exact) mass is 404 g/mol. The minimum atomic E-state index is 0.771. The highest BCUT2D eigenvalue weighted by atomic mass is 79.9. The number of carbonyl (C=O) groups is 1. The van der Waals surface area contributed by atoms with Crippen LogP contribution in [0.3, 0.4) is 0 Å². The van der Waals surface area contributed by atoms with Crippen molar-refractivity contribution < 1.29 is 4.79 Å². The molecule has 0 saturated heterocycles. The first-order chi connectivity index (χ1) is 10.8. The molecule has 3 aromatic heterocycles. The molecule has 1 nitrogen and oxygen atoms in total. The molecule has 0 unspecified atom stereocenters. The second kappa shape index (κ2) is 5.74. The summed E-state index contributed by atoms with van der Waals surface area (Å²) in [5.74, 6) is 0. The Bertz CT molecular complexity index is 977. The van der Waals surface area contributed by atoms with Crippen molar-refractivity contribution in [1.29, 1.82) is 0 Å². The van der Waals surface area contributed by atoms with Gasteiger partial charge < -0.3 is 0 Å². The molecule has 5 heteroatoms. The highest BCUT2D eigenvalue weighted by Gasteiger charge is 2.16. The predicted octanol–water partition coefficient (Wildman–Crippen LogP) is 6.93. The summed E-state index contributed by atoms with van der Waals surface area (Å²) in [6.45, 7) is 0. The summed E-state index contributed by atoms with van der Waals surface area (Å²) in [5.41, 5.74) is 0. The van der Waals surface area contributed by atoms with Crippen molar-refractivity contribution in [2.24, 2.45) is 0 Å². The lowest BCUT2D eigenvalue weighted by molar-refractivity contribution is 0.112. The molecule has 4 rings (SSSR count). The Kier molecular flexibility index (Phi) is 3.74. The molecule has 0 N–H and O–H groups in total. The Morgan fingerprint density at radius 1 is 0.773 bits per heavy atom. The number of halogens is 1. The van der Waals surface area contributed by atoms with E-state index < -0.39 is 0 Å². The van der Waals surface area contributed by atoms with Gasteiger partial charge in [-0.25, -0.2) is 0 Å². The molecule has 22 heavy (non-hydrogen) atoms. The molecule has 0 aliphatic rings. The van der Waals surface area contributed by atoms with Gasteiger partial charge in [-0.3, -0.25) is 4.79 Å². The summed E-state index contributed by atoms with van der Waals surface area (Å²) in [6, 6.07) is 16.7. The Morgan fingerprint density at radius 3 is 1.95 bits per heavy atom. The molecule has 1 aromatic carbocycles. The van der Waals surface area contributed by atoms with E-state index in [1.54, 1.807) is 34.0 Å². The minimum Gasteiger partial charge on any atom is -0.297 e. The van der Waals surface area contributed by atoms with Crippen molar-refractivity contribution in [2.45, 2.75) is 0 Å². The SMILES string of the molecule is O=Cc1ccc(-c2sc(-c3ccc(Br)s3)c3ccccc23)s1. The van der Waals surface area contributed by atoms with E-state index in [2.05, 4.69) is 52.3 Å². The lowest BCUT2D eigenvalue weighted by Crippen LogP contribution is -1.68. The van der Waals surface area contributed by atoms with Gasteiger partial charge in [-0.1, -0.05) is 24.3 Å². The highest BCUT2D eigenvalue weighted by molar-refractivity contribution is 9.11. The first-order valence-electron chi connectivity index (χ1n) is 6.59. The largest absolute Gasteiger partial charge is 0.297 e. The standard InChI is InChI=1S/C17H9BrOS3/c18-15-8-7-14(21-15)17-12-4-2-1-3-11(12)16(22-17)13-6-5-10(9-19)20-13/h1-9H. The van der Waals surface area contributed by atoms with Gasteiger partial charge in [-0.05, 0) is 40.2 Å². The summed E-state index contributed by atoms with van der Waals surface area (Å²) in [5, 5.41) is 2.53. The summed E-state index contributed by atoms with van der Waals surface area (Å²) >= 11 is 8.64. The van der Waals surface area contributed by atoms with Gasteiger partial charge in [0.25, 0.3) is 0 Å². The van der Waals surface area contributed by atoms with E-state index in [4.69, 9.17) is 0 Å². The van der Waals surface area contributed by atoms with E-state index in [9.17, 15) is 4.79 Å². The summed E-state index contributed by atoms with van der Waals surface area (Å²) in [7, 11) is 0. The van der Waals surface area contributed by atoms with E-state index in [0.29, 0.717) is 0 Å². The van der Waals surface area contributed by atoms with E-state index >= 15 is 0 Å². The van der Waals surface area contributed by atoms with Gasteiger partial charge in [0, 0.05) is 20.5 Å². The molecule has 0 amide bonds. The number of thiophene rings is 3. The molecular weight excluding hydrogens is 396 g/mol. The predicted molar refractivity (Wildman–Crippen MR) is 102 cm³/mol. The van der Waals surface area contributed by atoms with Crippen LogP contribution in [0.25, 0.3) is 30.3 Å². The molecule has 108 valence electrons.